The lowest BCUT2D eigenvalue weighted by molar-refractivity contribution is 0.0641. The lowest BCUT2D eigenvalue weighted by Gasteiger charge is -2.27. The summed E-state index contributed by atoms with van der Waals surface area (Å²) >= 11 is 0. The molecule has 1 unspecified atom stereocenters. The molecule has 2 aromatic rings. The molecule has 3 rings (SSSR count). The zero-order chi connectivity index (χ0) is 17.6. The van der Waals surface area contributed by atoms with Gasteiger partial charge in [0.2, 0.25) is 5.76 Å². The number of hydrogen-bond acceptors (Lipinski definition) is 3. The van der Waals surface area contributed by atoms with Crippen molar-refractivity contribution >= 4 is 18.0 Å². The van der Waals surface area contributed by atoms with E-state index in [0.717, 1.165) is 31.2 Å². The highest BCUT2D eigenvalue weighted by Crippen LogP contribution is 2.22. The van der Waals surface area contributed by atoms with Crippen molar-refractivity contribution in [3.05, 3.63) is 65.6 Å². The lowest BCUT2D eigenvalue weighted by atomic mass is 10.1. The highest BCUT2D eigenvalue weighted by atomic mass is 16.4. The molecule has 5 nitrogen and oxygen atoms in total. The van der Waals surface area contributed by atoms with Gasteiger partial charge in [-0.3, -0.25) is 4.79 Å². The van der Waals surface area contributed by atoms with E-state index in [4.69, 9.17) is 9.52 Å². The Kier molecular flexibility index (Phi) is 5.33. The zero-order valence-corrected chi connectivity index (χ0v) is 13.9. The smallest absolute Gasteiger partial charge is 0.371 e. The summed E-state index contributed by atoms with van der Waals surface area (Å²) in [6.45, 7) is 0.645. The number of nitrogens with zero attached hydrogens (tertiary/aromatic N) is 1. The number of hydrogen-bond donors (Lipinski definition) is 1. The number of rotatable bonds is 4. The number of carbonyl (C=O) groups is 2. The molecule has 0 saturated carbocycles. The maximum Gasteiger partial charge on any atom is 0.371 e. The van der Waals surface area contributed by atoms with Crippen molar-refractivity contribution in [2.75, 3.05) is 6.54 Å². The summed E-state index contributed by atoms with van der Waals surface area (Å²) in [5.74, 6) is -1.56. The SMILES string of the molecule is O=C(O)c1ccc(C(=O)N2CCCCCC2/C=C/c2ccccc2)o1. The molecule has 0 aliphatic carbocycles. The Morgan fingerprint density at radius 2 is 1.80 bits per heavy atom. The minimum atomic E-state index is -1.17. The van der Waals surface area contributed by atoms with Crippen LogP contribution in [0.5, 0.6) is 0 Å². The first-order valence-corrected chi connectivity index (χ1v) is 8.52. The Labute approximate surface area is 146 Å². The summed E-state index contributed by atoms with van der Waals surface area (Å²) in [6, 6.07) is 12.7. The molecule has 1 saturated heterocycles. The highest BCUT2D eigenvalue weighted by molar-refractivity contribution is 5.94. The second kappa shape index (κ2) is 7.83. The molecule has 1 aliphatic heterocycles. The van der Waals surface area contributed by atoms with E-state index in [-0.39, 0.29) is 23.5 Å². The number of benzene rings is 1. The third-order valence-electron chi connectivity index (χ3n) is 4.40. The molecule has 1 amide bonds. The maximum atomic E-state index is 12.8. The molecule has 25 heavy (non-hydrogen) atoms. The van der Waals surface area contributed by atoms with Crippen LogP contribution in [0, 0.1) is 0 Å². The first-order chi connectivity index (χ1) is 12.1. The van der Waals surface area contributed by atoms with Crippen molar-refractivity contribution in [1.82, 2.24) is 4.90 Å². The third-order valence-corrected chi connectivity index (χ3v) is 4.40. The quantitative estimate of drug-likeness (QED) is 0.911. The predicted octanol–water partition coefficient (Wildman–Crippen LogP) is 4.08. The largest absolute Gasteiger partial charge is 0.475 e. The average Bonchev–Trinajstić information content (AvgIpc) is 3.01. The van der Waals surface area contributed by atoms with Crippen LogP contribution < -0.4 is 0 Å². The van der Waals surface area contributed by atoms with Crippen LogP contribution in [0.2, 0.25) is 0 Å². The first kappa shape index (κ1) is 17.0. The molecule has 1 aromatic carbocycles. The van der Waals surface area contributed by atoms with Crippen LogP contribution in [0.3, 0.4) is 0 Å². The van der Waals surface area contributed by atoms with E-state index in [9.17, 15) is 9.59 Å². The van der Waals surface area contributed by atoms with Crippen LogP contribution in [0.15, 0.2) is 53.0 Å². The fraction of sp³-hybridized carbons (Fsp3) is 0.300. The van der Waals surface area contributed by atoms with Crippen LogP contribution in [0.1, 0.15) is 52.4 Å². The van der Waals surface area contributed by atoms with E-state index < -0.39 is 5.97 Å². The van der Waals surface area contributed by atoms with Gasteiger partial charge in [0.1, 0.15) is 0 Å². The lowest BCUT2D eigenvalue weighted by Crippen LogP contribution is -2.38. The van der Waals surface area contributed by atoms with E-state index in [1.54, 1.807) is 4.90 Å². The third kappa shape index (κ3) is 4.18. The molecule has 1 N–H and O–H groups in total. The predicted molar refractivity (Wildman–Crippen MR) is 94.4 cm³/mol. The van der Waals surface area contributed by atoms with Crippen molar-refractivity contribution in [1.29, 1.82) is 0 Å². The van der Waals surface area contributed by atoms with E-state index in [0.29, 0.717) is 6.54 Å². The van der Waals surface area contributed by atoms with Gasteiger partial charge < -0.3 is 14.4 Å². The molecule has 1 aliphatic rings. The summed E-state index contributed by atoms with van der Waals surface area (Å²) in [4.78, 5) is 25.6. The van der Waals surface area contributed by atoms with Crippen molar-refractivity contribution in [2.24, 2.45) is 0 Å². The fourth-order valence-corrected chi connectivity index (χ4v) is 3.08. The second-order valence-corrected chi connectivity index (χ2v) is 6.15. The number of amides is 1. The summed E-state index contributed by atoms with van der Waals surface area (Å²) in [5.41, 5.74) is 1.09. The van der Waals surface area contributed by atoms with Crippen molar-refractivity contribution < 1.29 is 19.1 Å². The summed E-state index contributed by atoms with van der Waals surface area (Å²) in [7, 11) is 0. The van der Waals surface area contributed by atoms with E-state index in [1.165, 1.54) is 12.1 Å². The molecule has 130 valence electrons. The first-order valence-electron chi connectivity index (χ1n) is 8.52. The molecule has 1 aromatic heterocycles. The average molecular weight is 339 g/mol. The fourth-order valence-electron chi connectivity index (χ4n) is 3.08. The van der Waals surface area contributed by atoms with Crippen LogP contribution in [-0.4, -0.2) is 34.5 Å². The van der Waals surface area contributed by atoms with Gasteiger partial charge in [0.25, 0.3) is 5.91 Å². The molecular weight excluding hydrogens is 318 g/mol. The summed E-state index contributed by atoms with van der Waals surface area (Å²) in [6.07, 6.45) is 8.06. The Bertz CT molecular complexity index is 763. The van der Waals surface area contributed by atoms with Crippen LogP contribution in [-0.2, 0) is 0 Å². The van der Waals surface area contributed by atoms with Gasteiger partial charge in [0.05, 0.1) is 6.04 Å². The topological polar surface area (TPSA) is 70.8 Å². The van der Waals surface area contributed by atoms with E-state index in [2.05, 4.69) is 6.08 Å². The van der Waals surface area contributed by atoms with Gasteiger partial charge in [-0.15, -0.1) is 0 Å². The Hall–Kier alpha value is -2.82. The molecule has 0 spiro atoms. The van der Waals surface area contributed by atoms with Crippen molar-refractivity contribution in [2.45, 2.75) is 31.7 Å². The highest BCUT2D eigenvalue weighted by Gasteiger charge is 2.27. The van der Waals surface area contributed by atoms with Gasteiger partial charge in [-0.25, -0.2) is 4.79 Å². The standard InChI is InChI=1S/C20H21NO4/c22-19(17-12-13-18(25-17)20(23)24)21-14-6-2-5-9-16(21)11-10-15-7-3-1-4-8-15/h1,3-4,7-8,10-13,16H,2,5-6,9,14H2,(H,23,24)/b11-10+. The molecule has 1 fully saturated rings. The number of carboxylic acids is 1. The minimum Gasteiger partial charge on any atom is -0.475 e. The second-order valence-electron chi connectivity index (χ2n) is 6.15. The van der Waals surface area contributed by atoms with E-state index >= 15 is 0 Å². The molecule has 5 heteroatoms. The monoisotopic (exact) mass is 339 g/mol. The molecular formula is C20H21NO4. The number of furan rings is 1. The van der Waals surface area contributed by atoms with Gasteiger partial charge in [0.15, 0.2) is 5.76 Å². The van der Waals surface area contributed by atoms with Crippen molar-refractivity contribution in [3.8, 4) is 0 Å². The number of carbonyl (C=O) groups excluding carboxylic acids is 1. The molecule has 2 heterocycles. The molecule has 0 bridgehead atoms. The van der Waals surface area contributed by atoms with Crippen molar-refractivity contribution in [3.63, 3.8) is 0 Å². The molecule has 0 radical (unpaired) electrons. The van der Waals surface area contributed by atoms with Gasteiger partial charge in [0, 0.05) is 6.54 Å². The van der Waals surface area contributed by atoms with Crippen LogP contribution in [0.4, 0.5) is 0 Å². The minimum absolute atomic E-state index is 0.0198. The Morgan fingerprint density at radius 1 is 1.04 bits per heavy atom. The normalized spacial score (nSPS) is 18.2. The summed E-state index contributed by atoms with van der Waals surface area (Å²) < 4.78 is 5.20. The summed E-state index contributed by atoms with van der Waals surface area (Å²) in [5, 5.41) is 8.97. The van der Waals surface area contributed by atoms with E-state index in [1.807, 2.05) is 36.4 Å². The van der Waals surface area contributed by atoms with Gasteiger partial charge in [-0.2, -0.15) is 0 Å². The number of likely N-dealkylation sites (tertiary alicyclic amines) is 1. The van der Waals surface area contributed by atoms with Crippen LogP contribution in [0.25, 0.3) is 6.08 Å². The van der Waals surface area contributed by atoms with Gasteiger partial charge in [-0.1, -0.05) is 55.3 Å². The van der Waals surface area contributed by atoms with Gasteiger partial charge in [-0.05, 0) is 30.5 Å². The van der Waals surface area contributed by atoms with Crippen LogP contribution >= 0.6 is 0 Å². The number of aromatic carboxylic acids is 1. The molecule has 1 atom stereocenters. The van der Waals surface area contributed by atoms with Gasteiger partial charge >= 0.3 is 5.97 Å². The maximum absolute atomic E-state index is 12.8. The Balaban J connectivity index is 1.80. The Morgan fingerprint density at radius 3 is 2.52 bits per heavy atom. The number of carboxylic acid groups (broad SMARTS) is 1. The zero-order valence-electron chi connectivity index (χ0n) is 13.9.